The number of methoxy groups -OCH3 is 1. The van der Waals surface area contributed by atoms with Crippen molar-refractivity contribution in [1.82, 2.24) is 9.55 Å². The number of fused-ring (bicyclic) bond motifs is 1. The number of benzene rings is 2. The molecule has 0 unspecified atom stereocenters. The van der Waals surface area contributed by atoms with Crippen LogP contribution in [-0.4, -0.2) is 36.2 Å². The predicted octanol–water partition coefficient (Wildman–Crippen LogP) is 3.72. The maximum absolute atomic E-state index is 13.3. The van der Waals surface area contributed by atoms with Gasteiger partial charge in [-0.2, -0.15) is 0 Å². The van der Waals surface area contributed by atoms with Crippen molar-refractivity contribution in [2.45, 2.75) is 26.7 Å². The van der Waals surface area contributed by atoms with Gasteiger partial charge < -0.3 is 9.64 Å². The van der Waals surface area contributed by atoms with E-state index in [-0.39, 0.29) is 5.56 Å². The molecule has 0 aliphatic heterocycles. The van der Waals surface area contributed by atoms with Crippen molar-refractivity contribution in [3.63, 3.8) is 0 Å². The molecule has 0 aliphatic carbocycles. The number of carbonyl (C=O) groups is 1. The van der Waals surface area contributed by atoms with E-state index in [4.69, 9.17) is 9.72 Å². The lowest BCUT2D eigenvalue weighted by molar-refractivity contribution is 0.0601. The highest BCUT2D eigenvalue weighted by atomic mass is 16.5. The maximum Gasteiger partial charge on any atom is 0.337 e. The topological polar surface area (TPSA) is 64.4 Å². The quantitative estimate of drug-likeness (QED) is 0.611. The first-order valence-corrected chi connectivity index (χ1v) is 9.39. The fourth-order valence-corrected chi connectivity index (χ4v) is 3.10. The van der Waals surface area contributed by atoms with Crippen LogP contribution in [0.5, 0.6) is 0 Å². The first kappa shape index (κ1) is 19.6. The Balaban J connectivity index is 2.26. The average molecular weight is 379 g/mol. The number of aryl methyl sites for hydroxylation is 1. The van der Waals surface area contributed by atoms with Crippen LogP contribution in [0.15, 0.2) is 47.3 Å². The Kier molecular flexibility index (Phi) is 5.78. The van der Waals surface area contributed by atoms with E-state index in [9.17, 15) is 9.59 Å². The molecule has 3 aromatic rings. The Morgan fingerprint density at radius 2 is 1.89 bits per heavy atom. The van der Waals surface area contributed by atoms with Gasteiger partial charge in [-0.25, -0.2) is 14.3 Å². The first-order chi connectivity index (χ1) is 13.5. The van der Waals surface area contributed by atoms with Gasteiger partial charge in [0.1, 0.15) is 0 Å². The maximum atomic E-state index is 13.3. The zero-order chi connectivity index (χ0) is 20.3. The van der Waals surface area contributed by atoms with Gasteiger partial charge in [-0.15, -0.1) is 0 Å². The zero-order valence-corrected chi connectivity index (χ0v) is 16.7. The van der Waals surface area contributed by atoms with Crippen LogP contribution < -0.4 is 10.5 Å². The lowest BCUT2D eigenvalue weighted by Crippen LogP contribution is -2.30. The van der Waals surface area contributed by atoms with Crippen molar-refractivity contribution in [3.05, 3.63) is 63.9 Å². The highest BCUT2D eigenvalue weighted by Gasteiger charge is 2.17. The third kappa shape index (κ3) is 3.76. The Hall–Kier alpha value is -3.15. The van der Waals surface area contributed by atoms with Gasteiger partial charge in [0, 0.05) is 13.6 Å². The van der Waals surface area contributed by atoms with E-state index in [1.165, 1.54) is 7.11 Å². The summed E-state index contributed by atoms with van der Waals surface area (Å²) in [5.41, 5.74) is 2.57. The SMILES string of the molecule is CCCCN(C)c1nc2cc(C(=O)OC)ccc2c(=O)n1-c1ccc(C)cc1. The lowest BCUT2D eigenvalue weighted by atomic mass is 10.1. The Bertz CT molecular complexity index is 1060. The molecule has 0 saturated carbocycles. The molecule has 0 atom stereocenters. The molecule has 28 heavy (non-hydrogen) atoms. The minimum Gasteiger partial charge on any atom is -0.465 e. The number of nitrogens with zero attached hydrogens (tertiary/aromatic N) is 3. The number of ether oxygens (including phenoxy) is 1. The van der Waals surface area contributed by atoms with Crippen LogP contribution in [-0.2, 0) is 4.74 Å². The van der Waals surface area contributed by atoms with Crippen molar-refractivity contribution >= 4 is 22.8 Å². The summed E-state index contributed by atoms with van der Waals surface area (Å²) in [4.78, 5) is 31.9. The van der Waals surface area contributed by atoms with E-state index < -0.39 is 5.97 Å². The molecule has 0 fully saturated rings. The summed E-state index contributed by atoms with van der Waals surface area (Å²) in [6.07, 6.45) is 2.03. The molecule has 0 radical (unpaired) electrons. The van der Waals surface area contributed by atoms with Crippen LogP contribution in [0.4, 0.5) is 5.95 Å². The second-order valence-electron chi connectivity index (χ2n) is 6.89. The minimum atomic E-state index is -0.452. The molecule has 1 heterocycles. The number of carbonyl (C=O) groups excluding carboxylic acids is 1. The van der Waals surface area contributed by atoms with Gasteiger partial charge in [-0.1, -0.05) is 31.0 Å². The number of anilines is 1. The molecule has 0 aliphatic rings. The summed E-state index contributed by atoms with van der Waals surface area (Å²) in [7, 11) is 3.26. The molecule has 0 N–H and O–H groups in total. The van der Waals surface area contributed by atoms with Crippen LogP contribution in [0.2, 0.25) is 0 Å². The molecular formula is C22H25N3O3. The normalized spacial score (nSPS) is 10.9. The van der Waals surface area contributed by atoms with Crippen LogP contribution in [0.3, 0.4) is 0 Å². The Morgan fingerprint density at radius 3 is 2.54 bits per heavy atom. The minimum absolute atomic E-state index is 0.163. The van der Waals surface area contributed by atoms with Crippen molar-refractivity contribution in [1.29, 1.82) is 0 Å². The second kappa shape index (κ2) is 8.25. The van der Waals surface area contributed by atoms with Crippen LogP contribution >= 0.6 is 0 Å². The van der Waals surface area contributed by atoms with Gasteiger partial charge in [0.05, 0.1) is 29.3 Å². The molecule has 6 heteroatoms. The summed E-state index contributed by atoms with van der Waals surface area (Å²) in [5, 5.41) is 0.459. The summed E-state index contributed by atoms with van der Waals surface area (Å²) >= 11 is 0. The van der Waals surface area contributed by atoms with Crippen molar-refractivity contribution in [2.24, 2.45) is 0 Å². The molecule has 6 nitrogen and oxygen atoms in total. The van der Waals surface area contributed by atoms with E-state index in [1.807, 2.05) is 43.1 Å². The highest BCUT2D eigenvalue weighted by molar-refractivity contribution is 5.94. The fraction of sp³-hybridized carbons (Fsp3) is 0.318. The lowest BCUT2D eigenvalue weighted by Gasteiger charge is -2.23. The van der Waals surface area contributed by atoms with Gasteiger partial charge in [0.15, 0.2) is 0 Å². The number of aromatic nitrogens is 2. The van der Waals surface area contributed by atoms with Gasteiger partial charge in [0.25, 0.3) is 5.56 Å². The number of unbranched alkanes of at least 4 members (excludes halogenated alkanes) is 1. The van der Waals surface area contributed by atoms with Crippen molar-refractivity contribution in [3.8, 4) is 5.69 Å². The molecule has 2 aromatic carbocycles. The van der Waals surface area contributed by atoms with Crippen LogP contribution in [0.25, 0.3) is 16.6 Å². The summed E-state index contributed by atoms with van der Waals surface area (Å²) in [6.45, 7) is 4.90. The van der Waals surface area contributed by atoms with E-state index >= 15 is 0 Å². The largest absolute Gasteiger partial charge is 0.465 e. The van der Waals surface area contributed by atoms with E-state index in [2.05, 4.69) is 6.92 Å². The van der Waals surface area contributed by atoms with E-state index in [0.29, 0.717) is 22.4 Å². The number of esters is 1. The Labute approximate surface area is 164 Å². The molecule has 0 saturated heterocycles. The van der Waals surface area contributed by atoms with Gasteiger partial charge in [0.2, 0.25) is 5.95 Å². The predicted molar refractivity (Wildman–Crippen MR) is 112 cm³/mol. The molecule has 1 aromatic heterocycles. The molecule has 0 bridgehead atoms. The fourth-order valence-electron chi connectivity index (χ4n) is 3.10. The summed E-state index contributed by atoms with van der Waals surface area (Å²) < 4.78 is 6.42. The first-order valence-electron chi connectivity index (χ1n) is 9.39. The van der Waals surface area contributed by atoms with E-state index in [0.717, 1.165) is 30.6 Å². The van der Waals surface area contributed by atoms with E-state index in [1.54, 1.807) is 22.8 Å². The molecule has 146 valence electrons. The van der Waals surface area contributed by atoms with Crippen molar-refractivity contribution in [2.75, 3.05) is 25.6 Å². The molecule has 0 spiro atoms. The zero-order valence-electron chi connectivity index (χ0n) is 16.7. The second-order valence-corrected chi connectivity index (χ2v) is 6.89. The summed E-state index contributed by atoms with van der Waals surface area (Å²) in [5.74, 6) is 0.101. The summed E-state index contributed by atoms with van der Waals surface area (Å²) in [6, 6.07) is 12.6. The monoisotopic (exact) mass is 379 g/mol. The number of rotatable bonds is 6. The molecule has 3 rings (SSSR count). The van der Waals surface area contributed by atoms with Crippen LogP contribution in [0, 0.1) is 6.92 Å². The highest BCUT2D eigenvalue weighted by Crippen LogP contribution is 2.21. The van der Waals surface area contributed by atoms with Gasteiger partial charge in [-0.05, 0) is 43.7 Å². The van der Waals surface area contributed by atoms with Gasteiger partial charge in [-0.3, -0.25) is 4.79 Å². The number of hydrogen-bond acceptors (Lipinski definition) is 5. The van der Waals surface area contributed by atoms with Gasteiger partial charge >= 0.3 is 5.97 Å². The van der Waals surface area contributed by atoms with Crippen LogP contribution in [0.1, 0.15) is 35.7 Å². The Morgan fingerprint density at radius 1 is 1.18 bits per heavy atom. The third-order valence-corrected chi connectivity index (χ3v) is 4.75. The molecule has 0 amide bonds. The smallest absolute Gasteiger partial charge is 0.337 e. The van der Waals surface area contributed by atoms with Crippen molar-refractivity contribution < 1.29 is 9.53 Å². The average Bonchev–Trinajstić information content (AvgIpc) is 2.71. The molecular weight excluding hydrogens is 354 g/mol. The number of hydrogen-bond donors (Lipinski definition) is 0. The third-order valence-electron chi connectivity index (χ3n) is 4.75. The standard InChI is InChI=1S/C22H25N3O3/c1-5-6-13-24(3)22-23-19-14-16(21(27)28-4)9-12-18(19)20(26)25(22)17-10-7-15(2)8-11-17/h7-12,14H,5-6,13H2,1-4H3.